The van der Waals surface area contributed by atoms with Crippen LogP contribution in [0.1, 0.15) is 44.3 Å². The molecule has 1 N–H and O–H groups in total. The summed E-state index contributed by atoms with van der Waals surface area (Å²) in [6, 6.07) is 0. The summed E-state index contributed by atoms with van der Waals surface area (Å²) in [5, 5.41) is 3.16. The topological polar surface area (TPSA) is 37.8 Å². The van der Waals surface area contributed by atoms with Crippen molar-refractivity contribution in [3.8, 4) is 0 Å². The van der Waals surface area contributed by atoms with E-state index in [0.717, 1.165) is 36.6 Å². The van der Waals surface area contributed by atoms with Gasteiger partial charge in [0.1, 0.15) is 11.6 Å². The molecule has 0 fully saturated rings. The van der Waals surface area contributed by atoms with Crippen LogP contribution in [0.15, 0.2) is 0 Å². The van der Waals surface area contributed by atoms with Gasteiger partial charge in [-0.3, -0.25) is 0 Å². The molecular weight excluding hydrogens is 198 g/mol. The number of aryl methyl sites for hydroxylation is 2. The summed E-state index contributed by atoms with van der Waals surface area (Å²) in [7, 11) is 1.92. The van der Waals surface area contributed by atoms with Gasteiger partial charge in [-0.15, -0.1) is 0 Å². The van der Waals surface area contributed by atoms with E-state index in [1.807, 2.05) is 7.05 Å². The van der Waals surface area contributed by atoms with Gasteiger partial charge < -0.3 is 5.32 Å². The number of anilines is 1. The maximum absolute atomic E-state index is 4.57. The van der Waals surface area contributed by atoms with E-state index < -0.39 is 0 Å². The second-order valence-electron chi connectivity index (χ2n) is 4.59. The van der Waals surface area contributed by atoms with Crippen LogP contribution in [0.3, 0.4) is 0 Å². The molecule has 16 heavy (non-hydrogen) atoms. The van der Waals surface area contributed by atoms with Crippen molar-refractivity contribution in [2.45, 2.75) is 47.0 Å². The molecule has 0 unspecified atom stereocenters. The highest BCUT2D eigenvalue weighted by molar-refractivity contribution is 5.45. The number of nitrogens with one attached hydrogen (secondary N) is 1. The van der Waals surface area contributed by atoms with Crippen molar-refractivity contribution in [3.63, 3.8) is 0 Å². The number of rotatable bonds is 5. The second kappa shape index (κ2) is 5.83. The molecule has 1 aromatic heterocycles. The number of aromatic nitrogens is 2. The number of nitrogens with zero attached hydrogens (tertiary/aromatic N) is 2. The first-order valence-electron chi connectivity index (χ1n) is 6.12. The van der Waals surface area contributed by atoms with E-state index in [9.17, 15) is 0 Å². The molecular formula is C13H23N3. The molecule has 0 radical (unpaired) electrons. The Labute approximate surface area is 98.7 Å². The predicted octanol–water partition coefficient (Wildman–Crippen LogP) is 2.98. The molecule has 0 saturated heterocycles. The van der Waals surface area contributed by atoms with E-state index in [1.165, 1.54) is 5.56 Å². The van der Waals surface area contributed by atoms with Gasteiger partial charge in [0.15, 0.2) is 0 Å². The normalized spacial score (nSPS) is 10.9. The fraction of sp³-hybridized carbons (Fsp3) is 0.692. The predicted molar refractivity (Wildman–Crippen MR) is 68.9 cm³/mol. The van der Waals surface area contributed by atoms with Crippen LogP contribution in [0.4, 0.5) is 5.82 Å². The molecule has 0 saturated carbocycles. The monoisotopic (exact) mass is 221 g/mol. The van der Waals surface area contributed by atoms with Crippen LogP contribution in [0.5, 0.6) is 0 Å². The summed E-state index contributed by atoms with van der Waals surface area (Å²) < 4.78 is 0. The van der Waals surface area contributed by atoms with E-state index in [0.29, 0.717) is 5.92 Å². The summed E-state index contributed by atoms with van der Waals surface area (Å²) in [6.45, 7) is 8.67. The number of hydrogen-bond acceptors (Lipinski definition) is 3. The van der Waals surface area contributed by atoms with Gasteiger partial charge in [-0.1, -0.05) is 20.8 Å². The van der Waals surface area contributed by atoms with Gasteiger partial charge in [-0.2, -0.15) is 0 Å². The van der Waals surface area contributed by atoms with Crippen LogP contribution >= 0.6 is 0 Å². The smallest absolute Gasteiger partial charge is 0.132 e. The lowest BCUT2D eigenvalue weighted by atomic mass is 10.1. The quantitative estimate of drug-likeness (QED) is 0.830. The third-order valence-corrected chi connectivity index (χ3v) is 2.80. The number of hydrogen-bond donors (Lipinski definition) is 1. The van der Waals surface area contributed by atoms with Crippen LogP contribution in [-0.2, 0) is 12.8 Å². The molecule has 0 aliphatic rings. The first-order chi connectivity index (χ1) is 7.58. The average molecular weight is 221 g/mol. The largest absolute Gasteiger partial charge is 0.373 e. The van der Waals surface area contributed by atoms with E-state index in [4.69, 9.17) is 0 Å². The Morgan fingerprint density at radius 3 is 2.44 bits per heavy atom. The Hall–Kier alpha value is -1.12. The van der Waals surface area contributed by atoms with Gasteiger partial charge in [0.05, 0.1) is 0 Å². The highest BCUT2D eigenvalue weighted by atomic mass is 15.0. The molecule has 3 heteroatoms. The van der Waals surface area contributed by atoms with E-state index in [1.54, 1.807) is 0 Å². The molecule has 3 nitrogen and oxygen atoms in total. The second-order valence-corrected chi connectivity index (χ2v) is 4.59. The molecule has 90 valence electrons. The summed E-state index contributed by atoms with van der Waals surface area (Å²) in [4.78, 5) is 9.15. The summed E-state index contributed by atoms with van der Waals surface area (Å²) in [6.07, 6.45) is 3.09. The maximum atomic E-state index is 4.57. The van der Waals surface area contributed by atoms with Crippen molar-refractivity contribution in [1.82, 2.24) is 9.97 Å². The summed E-state index contributed by atoms with van der Waals surface area (Å²) >= 11 is 0. The lowest BCUT2D eigenvalue weighted by Crippen LogP contribution is -2.08. The van der Waals surface area contributed by atoms with Crippen molar-refractivity contribution >= 4 is 5.82 Å². The van der Waals surface area contributed by atoms with Gasteiger partial charge in [0, 0.05) is 24.7 Å². The maximum Gasteiger partial charge on any atom is 0.132 e. The highest BCUT2D eigenvalue weighted by Crippen LogP contribution is 2.17. The van der Waals surface area contributed by atoms with Crippen LogP contribution in [0, 0.1) is 12.8 Å². The van der Waals surface area contributed by atoms with Gasteiger partial charge >= 0.3 is 0 Å². The van der Waals surface area contributed by atoms with Crippen molar-refractivity contribution < 1.29 is 0 Å². The third kappa shape index (κ3) is 3.19. The van der Waals surface area contributed by atoms with Gasteiger partial charge in [-0.05, 0) is 25.7 Å². The van der Waals surface area contributed by atoms with Gasteiger partial charge in [0.2, 0.25) is 0 Å². The van der Waals surface area contributed by atoms with Gasteiger partial charge in [-0.25, -0.2) is 9.97 Å². The molecule has 0 aromatic carbocycles. The summed E-state index contributed by atoms with van der Waals surface area (Å²) in [5.74, 6) is 2.66. The Bertz CT molecular complexity index is 345. The molecule has 0 atom stereocenters. The SMILES string of the molecule is CCc1c(C)nc(CCC(C)C)nc1NC. The Morgan fingerprint density at radius 1 is 1.25 bits per heavy atom. The van der Waals surface area contributed by atoms with E-state index >= 15 is 0 Å². The van der Waals surface area contributed by atoms with Crippen LogP contribution < -0.4 is 5.32 Å². The Kier molecular flexibility index (Phi) is 4.71. The lowest BCUT2D eigenvalue weighted by Gasteiger charge is -2.12. The fourth-order valence-electron chi connectivity index (χ4n) is 1.81. The Morgan fingerprint density at radius 2 is 1.94 bits per heavy atom. The molecule has 1 rings (SSSR count). The Balaban J connectivity index is 2.92. The van der Waals surface area contributed by atoms with Crippen molar-refractivity contribution in [3.05, 3.63) is 17.1 Å². The average Bonchev–Trinajstić information content (AvgIpc) is 2.25. The first kappa shape index (κ1) is 12.9. The molecule has 0 spiro atoms. The van der Waals surface area contributed by atoms with Crippen LogP contribution in [-0.4, -0.2) is 17.0 Å². The van der Waals surface area contributed by atoms with Crippen LogP contribution in [0.25, 0.3) is 0 Å². The van der Waals surface area contributed by atoms with Crippen molar-refractivity contribution in [2.75, 3.05) is 12.4 Å². The zero-order valence-electron chi connectivity index (χ0n) is 11.1. The lowest BCUT2D eigenvalue weighted by molar-refractivity contribution is 0.573. The fourth-order valence-corrected chi connectivity index (χ4v) is 1.81. The van der Waals surface area contributed by atoms with Gasteiger partial charge in [0.25, 0.3) is 0 Å². The van der Waals surface area contributed by atoms with E-state index in [2.05, 4.69) is 43.0 Å². The molecule has 0 bridgehead atoms. The minimum Gasteiger partial charge on any atom is -0.373 e. The highest BCUT2D eigenvalue weighted by Gasteiger charge is 2.09. The minimum atomic E-state index is 0.702. The standard InChI is InChI=1S/C13H23N3/c1-6-11-10(4)15-12(8-7-9(2)3)16-13(11)14-5/h9H,6-8H2,1-5H3,(H,14,15,16). The summed E-state index contributed by atoms with van der Waals surface area (Å²) in [5.41, 5.74) is 2.34. The van der Waals surface area contributed by atoms with E-state index in [-0.39, 0.29) is 0 Å². The van der Waals surface area contributed by atoms with Crippen LogP contribution in [0.2, 0.25) is 0 Å². The molecule has 0 aliphatic heterocycles. The van der Waals surface area contributed by atoms with Crippen molar-refractivity contribution in [2.24, 2.45) is 5.92 Å². The molecule has 0 amide bonds. The molecule has 0 aliphatic carbocycles. The minimum absolute atomic E-state index is 0.702. The molecule has 1 heterocycles. The van der Waals surface area contributed by atoms with Crippen molar-refractivity contribution in [1.29, 1.82) is 0 Å². The zero-order chi connectivity index (χ0) is 12.1. The molecule has 1 aromatic rings. The third-order valence-electron chi connectivity index (χ3n) is 2.80. The zero-order valence-corrected chi connectivity index (χ0v) is 11.1. The first-order valence-corrected chi connectivity index (χ1v) is 6.12.